The molecular weight excluding hydrogens is 384 g/mol. The summed E-state index contributed by atoms with van der Waals surface area (Å²) in [6, 6.07) is 16.3. The molecule has 0 aliphatic heterocycles. The van der Waals surface area contributed by atoms with Crippen LogP contribution in [-0.2, 0) is 19.6 Å². The van der Waals surface area contributed by atoms with Crippen LogP contribution in [-0.4, -0.2) is 18.7 Å². The average molecular weight is 414 g/mol. The molecule has 0 amide bonds. The second kappa shape index (κ2) is 14.2. The second-order valence-electron chi connectivity index (χ2n) is 7.01. The Labute approximate surface area is 178 Å². The van der Waals surface area contributed by atoms with Gasteiger partial charge in [0.2, 0.25) is 0 Å². The lowest BCUT2D eigenvalue weighted by atomic mass is 10.00. The molecule has 2 aromatic carbocycles. The van der Waals surface area contributed by atoms with E-state index in [1.54, 1.807) is 18.2 Å². The average Bonchev–Trinajstić information content (AvgIpc) is 2.78. The van der Waals surface area contributed by atoms with Gasteiger partial charge in [-0.05, 0) is 23.6 Å². The van der Waals surface area contributed by atoms with Gasteiger partial charge in [0.25, 0.3) is 0 Å². The van der Waals surface area contributed by atoms with Gasteiger partial charge >= 0.3 is 12.1 Å². The quantitative estimate of drug-likeness (QED) is 0.158. The predicted octanol–water partition coefficient (Wildman–Crippen LogP) is 6.65. The van der Waals surface area contributed by atoms with Crippen molar-refractivity contribution in [2.45, 2.75) is 58.3 Å². The number of rotatable bonds is 13. The monoisotopic (exact) mass is 414 g/mol. The molecule has 0 spiro atoms. The highest BCUT2D eigenvalue weighted by molar-refractivity contribution is 5.96. The van der Waals surface area contributed by atoms with Crippen molar-refractivity contribution in [1.29, 1.82) is 0 Å². The van der Waals surface area contributed by atoms with Crippen molar-refractivity contribution in [3.63, 3.8) is 0 Å². The molecule has 2 rings (SSSR count). The van der Waals surface area contributed by atoms with Crippen molar-refractivity contribution >= 4 is 12.1 Å². The Morgan fingerprint density at radius 2 is 1.37 bits per heavy atom. The minimum Gasteiger partial charge on any atom is -0.432 e. The largest absolute Gasteiger partial charge is 0.543 e. The van der Waals surface area contributed by atoms with Gasteiger partial charge < -0.3 is 4.74 Å². The highest BCUT2D eigenvalue weighted by Gasteiger charge is 2.16. The summed E-state index contributed by atoms with van der Waals surface area (Å²) in [5.41, 5.74) is 1.83. The van der Waals surface area contributed by atoms with Crippen molar-refractivity contribution < 1.29 is 29.1 Å². The van der Waals surface area contributed by atoms with Crippen LogP contribution in [0.25, 0.3) is 11.1 Å². The first-order valence-corrected chi connectivity index (χ1v) is 10.6. The van der Waals surface area contributed by atoms with E-state index in [0.29, 0.717) is 11.1 Å². The number of carbonyl (C=O) groups excluding carboxylic acids is 2. The normalized spacial score (nSPS) is 10.4. The molecule has 2 aromatic rings. The number of benzene rings is 2. The smallest absolute Gasteiger partial charge is 0.432 e. The second-order valence-corrected chi connectivity index (χ2v) is 7.01. The highest BCUT2D eigenvalue weighted by atomic mass is 17.5. The molecular formula is C24H30O6. The van der Waals surface area contributed by atoms with E-state index in [1.807, 2.05) is 36.4 Å². The molecule has 0 aliphatic rings. The lowest BCUT2D eigenvalue weighted by Crippen LogP contribution is -2.13. The van der Waals surface area contributed by atoms with Gasteiger partial charge in [-0.3, -0.25) is 4.89 Å². The van der Waals surface area contributed by atoms with Gasteiger partial charge in [0.1, 0.15) is 0 Å². The van der Waals surface area contributed by atoms with Crippen molar-refractivity contribution in [1.82, 2.24) is 0 Å². The lowest BCUT2D eigenvalue weighted by Gasteiger charge is -2.08. The van der Waals surface area contributed by atoms with E-state index in [2.05, 4.69) is 21.7 Å². The van der Waals surface area contributed by atoms with Gasteiger partial charge in [0.15, 0.2) is 0 Å². The van der Waals surface area contributed by atoms with Crippen molar-refractivity contribution in [3.05, 3.63) is 60.2 Å². The van der Waals surface area contributed by atoms with Crippen LogP contribution in [0, 0.1) is 0 Å². The van der Waals surface area contributed by atoms with Crippen LogP contribution < -0.4 is 0 Å². The Bertz CT molecular complexity index is 759. The van der Waals surface area contributed by atoms with Crippen LogP contribution in [0.15, 0.2) is 54.6 Å². The number of unbranched alkanes of at least 4 members (excludes halogenated alkanes) is 7. The number of hydrogen-bond donors (Lipinski definition) is 0. The molecule has 0 fully saturated rings. The topological polar surface area (TPSA) is 71.1 Å². The first kappa shape index (κ1) is 23.4. The van der Waals surface area contributed by atoms with Gasteiger partial charge in [-0.15, -0.1) is 0 Å². The van der Waals surface area contributed by atoms with E-state index >= 15 is 0 Å². The van der Waals surface area contributed by atoms with E-state index in [9.17, 15) is 9.59 Å². The fraction of sp³-hybridized carbons (Fsp3) is 0.417. The van der Waals surface area contributed by atoms with Crippen LogP contribution in [0.4, 0.5) is 4.79 Å². The van der Waals surface area contributed by atoms with Gasteiger partial charge in [-0.25, -0.2) is 14.5 Å². The maximum absolute atomic E-state index is 12.3. The Morgan fingerprint density at radius 3 is 2.10 bits per heavy atom. The third kappa shape index (κ3) is 8.66. The lowest BCUT2D eigenvalue weighted by molar-refractivity contribution is -0.452. The maximum atomic E-state index is 12.3. The van der Waals surface area contributed by atoms with E-state index in [0.717, 1.165) is 24.8 Å². The van der Waals surface area contributed by atoms with Crippen LogP contribution in [0.1, 0.15) is 68.6 Å². The number of ether oxygens (including phenoxy) is 1. The summed E-state index contributed by atoms with van der Waals surface area (Å²) in [5, 5.41) is 4.31. The third-order valence-electron chi connectivity index (χ3n) is 4.66. The molecule has 162 valence electrons. The fourth-order valence-corrected chi connectivity index (χ4v) is 3.07. The molecule has 6 nitrogen and oxygen atoms in total. The Morgan fingerprint density at radius 1 is 0.733 bits per heavy atom. The molecule has 0 radical (unpaired) electrons. The SMILES string of the molecule is CCCCCCCCCCOC(=O)OOOC(=O)c1ccccc1-c1ccccc1. The molecule has 6 heteroatoms. The van der Waals surface area contributed by atoms with Gasteiger partial charge in [-0.1, -0.05) is 100 Å². The number of carbonyl (C=O) groups is 2. The summed E-state index contributed by atoms with van der Waals surface area (Å²) in [6.45, 7) is 2.44. The first-order valence-electron chi connectivity index (χ1n) is 10.6. The zero-order valence-corrected chi connectivity index (χ0v) is 17.5. The molecule has 0 aromatic heterocycles. The molecule has 0 unspecified atom stereocenters. The van der Waals surface area contributed by atoms with Crippen molar-refractivity contribution in [2.75, 3.05) is 6.61 Å². The molecule has 0 saturated carbocycles. The summed E-state index contributed by atoms with van der Waals surface area (Å²) in [5.74, 6) is -0.773. The number of hydrogen-bond acceptors (Lipinski definition) is 6. The molecule has 0 atom stereocenters. The molecule has 0 saturated heterocycles. The molecule has 0 bridgehead atoms. The molecule has 0 aliphatic carbocycles. The minimum absolute atomic E-state index is 0.238. The summed E-state index contributed by atoms with van der Waals surface area (Å²) in [6.07, 6.45) is 8.10. The molecule has 0 N–H and O–H groups in total. The Balaban J connectivity index is 1.63. The van der Waals surface area contributed by atoms with E-state index in [1.165, 1.54) is 32.1 Å². The zero-order chi connectivity index (χ0) is 21.4. The highest BCUT2D eigenvalue weighted by Crippen LogP contribution is 2.24. The standard InChI is InChI=1S/C24H30O6/c1-2-3-4-5-6-7-8-14-19-27-24(26)29-30-28-23(25)22-18-13-12-17-21(22)20-15-10-9-11-16-20/h9-13,15-18H,2-8,14,19H2,1H3. The van der Waals surface area contributed by atoms with Gasteiger partial charge in [0.05, 0.1) is 17.2 Å². The van der Waals surface area contributed by atoms with Crippen LogP contribution in [0.2, 0.25) is 0 Å². The Hall–Kier alpha value is -2.86. The summed E-state index contributed by atoms with van der Waals surface area (Å²) < 4.78 is 4.89. The minimum atomic E-state index is -1.04. The van der Waals surface area contributed by atoms with Gasteiger partial charge in [-0.2, -0.15) is 0 Å². The van der Waals surface area contributed by atoms with Crippen LogP contribution >= 0.6 is 0 Å². The van der Waals surface area contributed by atoms with E-state index in [4.69, 9.17) is 4.74 Å². The van der Waals surface area contributed by atoms with Crippen LogP contribution in [0.3, 0.4) is 0 Å². The summed E-state index contributed by atoms with van der Waals surface area (Å²) in [4.78, 5) is 32.7. The van der Waals surface area contributed by atoms with Crippen LogP contribution in [0.5, 0.6) is 0 Å². The van der Waals surface area contributed by atoms with Crippen molar-refractivity contribution in [3.8, 4) is 11.1 Å². The van der Waals surface area contributed by atoms with Gasteiger partial charge in [0, 0.05) is 0 Å². The summed E-state index contributed by atoms with van der Waals surface area (Å²) >= 11 is 0. The fourth-order valence-electron chi connectivity index (χ4n) is 3.07. The Kier molecular flexibility index (Phi) is 11.1. The van der Waals surface area contributed by atoms with Crippen molar-refractivity contribution in [2.24, 2.45) is 0 Å². The molecule has 30 heavy (non-hydrogen) atoms. The maximum Gasteiger partial charge on any atom is 0.543 e. The summed E-state index contributed by atoms with van der Waals surface area (Å²) in [7, 11) is 0. The predicted molar refractivity (Wildman–Crippen MR) is 113 cm³/mol. The first-order chi connectivity index (χ1) is 14.7. The van der Waals surface area contributed by atoms with E-state index < -0.39 is 12.1 Å². The zero-order valence-electron chi connectivity index (χ0n) is 17.5. The molecule has 0 heterocycles. The van der Waals surface area contributed by atoms with E-state index in [-0.39, 0.29) is 6.61 Å². The third-order valence-corrected chi connectivity index (χ3v) is 4.66.